The fourth-order valence-electron chi connectivity index (χ4n) is 4.78. The van der Waals surface area contributed by atoms with Gasteiger partial charge < -0.3 is 15.3 Å². The van der Waals surface area contributed by atoms with Gasteiger partial charge in [0, 0.05) is 39.6 Å². The lowest BCUT2D eigenvalue weighted by molar-refractivity contribution is 1.18. The highest BCUT2D eigenvalue weighted by molar-refractivity contribution is 6.12. The average Bonchev–Trinajstić information content (AvgIpc) is 3.26. The Morgan fingerprint density at radius 2 is 1.47 bits per heavy atom. The average molecular weight is 463 g/mol. The lowest BCUT2D eigenvalue weighted by atomic mass is 10.0. The first kappa shape index (κ1) is 21.4. The molecule has 6 rings (SSSR count). The first-order valence-electron chi connectivity index (χ1n) is 11.8. The molecule has 0 spiro atoms. The molecule has 0 aliphatic carbocycles. The van der Waals surface area contributed by atoms with Gasteiger partial charge in [-0.2, -0.15) is 5.26 Å². The molecule has 0 saturated heterocycles. The van der Waals surface area contributed by atoms with E-state index >= 15 is 0 Å². The van der Waals surface area contributed by atoms with Gasteiger partial charge in [-0.15, -0.1) is 0 Å². The molecule has 0 aliphatic heterocycles. The van der Waals surface area contributed by atoms with Gasteiger partial charge in [-0.1, -0.05) is 60.7 Å². The summed E-state index contributed by atoms with van der Waals surface area (Å²) in [5, 5.41) is 23.0. The van der Waals surface area contributed by atoms with Crippen molar-refractivity contribution in [3.05, 3.63) is 126 Å². The fourth-order valence-corrected chi connectivity index (χ4v) is 4.78. The van der Waals surface area contributed by atoms with Crippen LogP contribution < -0.4 is 5.32 Å². The maximum Gasteiger partial charge on any atom is 0.0991 e. The molecule has 6 aromatic rings. The first-order valence-corrected chi connectivity index (χ1v) is 11.8. The molecule has 0 bridgehead atoms. The van der Waals surface area contributed by atoms with Crippen molar-refractivity contribution in [3.8, 4) is 22.9 Å². The molecule has 4 heteroatoms. The molecule has 1 heterocycles. The van der Waals surface area contributed by atoms with Crippen LogP contribution in [0.1, 0.15) is 11.1 Å². The molecule has 0 atom stereocenters. The van der Waals surface area contributed by atoms with Crippen LogP contribution >= 0.6 is 0 Å². The van der Waals surface area contributed by atoms with Gasteiger partial charge in [-0.25, -0.2) is 0 Å². The number of para-hydroxylation sites is 2. The Hall–Kier alpha value is -5.14. The maximum absolute atomic E-state index is 9.14. The van der Waals surface area contributed by atoms with Crippen molar-refractivity contribution in [2.75, 3.05) is 5.32 Å². The highest BCUT2D eigenvalue weighted by Crippen LogP contribution is 2.36. The van der Waals surface area contributed by atoms with Crippen molar-refractivity contribution in [2.24, 2.45) is 0 Å². The summed E-state index contributed by atoms with van der Waals surface area (Å²) in [6.07, 6.45) is 1.40. The van der Waals surface area contributed by atoms with E-state index in [1.807, 2.05) is 54.6 Å². The molecule has 36 heavy (non-hydrogen) atoms. The van der Waals surface area contributed by atoms with Gasteiger partial charge in [-0.05, 0) is 65.7 Å². The Bertz CT molecular complexity index is 1770. The summed E-state index contributed by atoms with van der Waals surface area (Å²) in [4.78, 5) is 0. The van der Waals surface area contributed by atoms with Crippen LogP contribution in [0.25, 0.3) is 38.6 Å². The summed E-state index contributed by atoms with van der Waals surface area (Å²) >= 11 is 0. The van der Waals surface area contributed by atoms with Gasteiger partial charge in [0.25, 0.3) is 0 Å². The summed E-state index contributed by atoms with van der Waals surface area (Å²) in [7, 11) is 0. The second kappa shape index (κ2) is 8.90. The van der Waals surface area contributed by atoms with E-state index in [1.54, 1.807) is 0 Å². The standard InChI is InChI=1S/C32H22N4/c33-20-22-13-15-23(16-14-22)24-7-6-10-27(17-24)36-31-12-5-4-11-28(31)29-19-30(25(21-34)18-32(29)36)35-26-8-2-1-3-9-26/h1-19,21,34-35H. The minimum atomic E-state index is 0.649. The molecule has 5 aromatic carbocycles. The van der Waals surface area contributed by atoms with Crippen LogP contribution in [0.15, 0.2) is 115 Å². The lowest BCUT2D eigenvalue weighted by Gasteiger charge is -2.13. The van der Waals surface area contributed by atoms with E-state index in [0.29, 0.717) is 5.56 Å². The first-order chi connectivity index (χ1) is 17.7. The Balaban J connectivity index is 1.55. The largest absolute Gasteiger partial charge is 0.355 e. The maximum atomic E-state index is 9.14. The molecule has 0 aliphatic rings. The topological polar surface area (TPSA) is 64.6 Å². The van der Waals surface area contributed by atoms with Crippen molar-refractivity contribution in [3.63, 3.8) is 0 Å². The third-order valence-electron chi connectivity index (χ3n) is 6.50. The van der Waals surface area contributed by atoms with E-state index in [0.717, 1.165) is 55.6 Å². The molecule has 0 radical (unpaired) electrons. The van der Waals surface area contributed by atoms with E-state index in [1.165, 1.54) is 6.21 Å². The van der Waals surface area contributed by atoms with E-state index in [4.69, 9.17) is 10.7 Å². The van der Waals surface area contributed by atoms with Crippen LogP contribution in [0.4, 0.5) is 11.4 Å². The highest BCUT2D eigenvalue weighted by Gasteiger charge is 2.15. The highest BCUT2D eigenvalue weighted by atomic mass is 15.0. The molecule has 0 unspecified atom stereocenters. The minimum absolute atomic E-state index is 0.649. The monoisotopic (exact) mass is 462 g/mol. The van der Waals surface area contributed by atoms with Crippen LogP contribution in [-0.2, 0) is 0 Å². The summed E-state index contributed by atoms with van der Waals surface area (Å²) in [6, 6.07) is 41.0. The van der Waals surface area contributed by atoms with Gasteiger partial charge in [0.1, 0.15) is 0 Å². The number of nitriles is 1. The zero-order valence-corrected chi connectivity index (χ0v) is 19.4. The van der Waals surface area contributed by atoms with Crippen molar-refractivity contribution in [1.29, 1.82) is 10.7 Å². The lowest BCUT2D eigenvalue weighted by Crippen LogP contribution is -1.98. The number of benzene rings is 5. The van der Waals surface area contributed by atoms with Gasteiger partial charge in [0.05, 0.1) is 22.7 Å². The second-order valence-electron chi connectivity index (χ2n) is 8.68. The van der Waals surface area contributed by atoms with Crippen molar-refractivity contribution < 1.29 is 0 Å². The molecular formula is C32H22N4. The number of nitrogens with one attached hydrogen (secondary N) is 2. The van der Waals surface area contributed by atoms with Crippen LogP contribution in [0.3, 0.4) is 0 Å². The summed E-state index contributed by atoms with van der Waals surface area (Å²) in [6.45, 7) is 0. The molecular weight excluding hydrogens is 440 g/mol. The van der Waals surface area contributed by atoms with Gasteiger partial charge >= 0.3 is 0 Å². The summed E-state index contributed by atoms with van der Waals surface area (Å²) < 4.78 is 2.26. The predicted octanol–water partition coefficient (Wildman–Crippen LogP) is 8.06. The Morgan fingerprint density at radius 1 is 0.694 bits per heavy atom. The minimum Gasteiger partial charge on any atom is -0.355 e. The quantitative estimate of drug-likeness (QED) is 0.254. The van der Waals surface area contributed by atoms with Crippen LogP contribution in [0.5, 0.6) is 0 Å². The van der Waals surface area contributed by atoms with Crippen molar-refractivity contribution >= 4 is 39.4 Å². The number of hydrogen-bond acceptors (Lipinski definition) is 3. The van der Waals surface area contributed by atoms with Crippen LogP contribution in [-0.4, -0.2) is 10.8 Å². The molecule has 170 valence electrons. The van der Waals surface area contributed by atoms with Crippen molar-refractivity contribution in [2.45, 2.75) is 0 Å². The number of nitrogens with zero attached hydrogens (tertiary/aromatic N) is 2. The third kappa shape index (κ3) is 3.70. The summed E-state index contributed by atoms with van der Waals surface area (Å²) in [5.41, 5.74) is 8.70. The summed E-state index contributed by atoms with van der Waals surface area (Å²) in [5.74, 6) is 0. The van der Waals surface area contributed by atoms with E-state index in [2.05, 4.69) is 76.6 Å². The SMILES string of the molecule is N#Cc1ccc(-c2cccc(-n3c4ccccc4c4cc(Nc5ccccc5)c(C=N)cc43)c2)cc1. The smallest absolute Gasteiger partial charge is 0.0991 e. The Morgan fingerprint density at radius 3 is 2.25 bits per heavy atom. The van der Waals surface area contributed by atoms with Gasteiger partial charge in [0.2, 0.25) is 0 Å². The Kier molecular flexibility index (Phi) is 5.29. The van der Waals surface area contributed by atoms with Crippen LogP contribution in [0.2, 0.25) is 0 Å². The van der Waals surface area contributed by atoms with Crippen molar-refractivity contribution in [1.82, 2.24) is 4.57 Å². The molecule has 0 fully saturated rings. The molecule has 2 N–H and O–H groups in total. The third-order valence-corrected chi connectivity index (χ3v) is 6.50. The normalized spacial score (nSPS) is 10.9. The second-order valence-corrected chi connectivity index (χ2v) is 8.68. The fraction of sp³-hybridized carbons (Fsp3) is 0. The molecule has 4 nitrogen and oxygen atoms in total. The van der Waals surface area contributed by atoms with E-state index in [9.17, 15) is 0 Å². The molecule has 0 amide bonds. The zero-order chi connectivity index (χ0) is 24.5. The van der Waals surface area contributed by atoms with E-state index < -0.39 is 0 Å². The molecule has 1 aromatic heterocycles. The van der Waals surface area contributed by atoms with Gasteiger partial charge in [0.15, 0.2) is 0 Å². The number of rotatable bonds is 5. The number of hydrogen-bond donors (Lipinski definition) is 2. The zero-order valence-electron chi connectivity index (χ0n) is 19.4. The molecule has 0 saturated carbocycles. The van der Waals surface area contributed by atoms with Crippen LogP contribution in [0, 0.1) is 16.7 Å². The van der Waals surface area contributed by atoms with Gasteiger partial charge in [-0.3, -0.25) is 0 Å². The van der Waals surface area contributed by atoms with E-state index in [-0.39, 0.29) is 0 Å². The Labute approximate surface area is 209 Å². The number of aromatic nitrogens is 1. The number of fused-ring (bicyclic) bond motifs is 3. The number of anilines is 2. The predicted molar refractivity (Wildman–Crippen MR) is 149 cm³/mol.